The number of aromatic nitrogens is 1. The lowest BCUT2D eigenvalue weighted by Crippen LogP contribution is -2.14. The van der Waals surface area contributed by atoms with E-state index in [0.29, 0.717) is 0 Å². The SMILES string of the molecule is Cc1nc(CC(O)CC2CCCC2)sc1C. The van der Waals surface area contributed by atoms with E-state index in [9.17, 15) is 5.11 Å². The number of aryl methyl sites for hydroxylation is 2. The van der Waals surface area contributed by atoms with Crippen LogP contribution >= 0.6 is 11.3 Å². The number of hydrogen-bond acceptors (Lipinski definition) is 3. The lowest BCUT2D eigenvalue weighted by atomic mass is 9.99. The van der Waals surface area contributed by atoms with E-state index in [0.717, 1.165) is 29.5 Å². The van der Waals surface area contributed by atoms with Gasteiger partial charge in [-0.1, -0.05) is 25.7 Å². The average Bonchev–Trinajstić information content (AvgIpc) is 2.78. The third-order valence-electron chi connectivity index (χ3n) is 3.56. The first-order valence-corrected chi connectivity index (χ1v) is 7.07. The quantitative estimate of drug-likeness (QED) is 0.875. The van der Waals surface area contributed by atoms with E-state index < -0.39 is 0 Å². The molecule has 1 aliphatic rings. The van der Waals surface area contributed by atoms with Crippen molar-refractivity contribution in [1.29, 1.82) is 0 Å². The van der Waals surface area contributed by atoms with Crippen molar-refractivity contribution in [2.24, 2.45) is 5.92 Å². The van der Waals surface area contributed by atoms with Gasteiger partial charge in [0.05, 0.1) is 16.8 Å². The van der Waals surface area contributed by atoms with Crippen molar-refractivity contribution < 1.29 is 5.11 Å². The van der Waals surface area contributed by atoms with Crippen molar-refractivity contribution in [3.8, 4) is 0 Å². The lowest BCUT2D eigenvalue weighted by molar-refractivity contribution is 0.143. The first-order chi connectivity index (χ1) is 7.65. The molecule has 16 heavy (non-hydrogen) atoms. The minimum Gasteiger partial charge on any atom is -0.393 e. The number of aliphatic hydroxyl groups is 1. The summed E-state index contributed by atoms with van der Waals surface area (Å²) in [5, 5.41) is 11.1. The van der Waals surface area contributed by atoms with Gasteiger partial charge in [-0.2, -0.15) is 0 Å². The fourth-order valence-electron chi connectivity index (χ4n) is 2.54. The van der Waals surface area contributed by atoms with E-state index in [1.54, 1.807) is 11.3 Å². The van der Waals surface area contributed by atoms with Crippen LogP contribution in [0, 0.1) is 19.8 Å². The van der Waals surface area contributed by atoms with Crippen LogP contribution in [0.3, 0.4) is 0 Å². The maximum atomic E-state index is 10.0. The minimum atomic E-state index is -0.187. The Kier molecular flexibility index (Phi) is 3.98. The van der Waals surface area contributed by atoms with E-state index >= 15 is 0 Å². The van der Waals surface area contributed by atoms with Crippen molar-refractivity contribution >= 4 is 11.3 Å². The zero-order valence-electron chi connectivity index (χ0n) is 10.2. The summed E-state index contributed by atoms with van der Waals surface area (Å²) in [6.07, 6.45) is 6.86. The molecule has 3 heteroatoms. The van der Waals surface area contributed by atoms with Gasteiger partial charge in [0.1, 0.15) is 0 Å². The van der Waals surface area contributed by atoms with Gasteiger partial charge in [0.2, 0.25) is 0 Å². The van der Waals surface area contributed by atoms with Gasteiger partial charge in [-0.15, -0.1) is 11.3 Å². The molecule has 1 fully saturated rings. The van der Waals surface area contributed by atoms with E-state index in [1.165, 1.54) is 30.6 Å². The Morgan fingerprint density at radius 3 is 2.62 bits per heavy atom. The maximum absolute atomic E-state index is 10.0. The zero-order chi connectivity index (χ0) is 11.5. The molecule has 0 aromatic carbocycles. The highest BCUT2D eigenvalue weighted by molar-refractivity contribution is 7.11. The van der Waals surface area contributed by atoms with Crippen molar-refractivity contribution in [1.82, 2.24) is 4.98 Å². The Hall–Kier alpha value is -0.410. The van der Waals surface area contributed by atoms with E-state index in [2.05, 4.69) is 11.9 Å². The van der Waals surface area contributed by atoms with Gasteiger partial charge in [-0.05, 0) is 26.2 Å². The van der Waals surface area contributed by atoms with E-state index in [1.807, 2.05) is 6.92 Å². The van der Waals surface area contributed by atoms with Crippen molar-refractivity contribution in [3.05, 3.63) is 15.6 Å². The maximum Gasteiger partial charge on any atom is 0.0956 e. The molecule has 1 aromatic heterocycles. The second kappa shape index (κ2) is 5.28. The Bertz CT molecular complexity index is 322. The normalized spacial score (nSPS) is 19.2. The molecule has 0 bridgehead atoms. The number of aliphatic hydroxyl groups excluding tert-OH is 1. The highest BCUT2D eigenvalue weighted by Gasteiger charge is 2.19. The van der Waals surface area contributed by atoms with Crippen LogP contribution in [0.4, 0.5) is 0 Å². The Morgan fingerprint density at radius 2 is 2.06 bits per heavy atom. The fourth-order valence-corrected chi connectivity index (χ4v) is 3.55. The van der Waals surface area contributed by atoms with Gasteiger partial charge in [-0.3, -0.25) is 0 Å². The fraction of sp³-hybridized carbons (Fsp3) is 0.769. The first kappa shape index (κ1) is 12.1. The van der Waals surface area contributed by atoms with Crippen LogP contribution in [0.1, 0.15) is 47.7 Å². The second-order valence-electron chi connectivity index (χ2n) is 4.99. The Balaban J connectivity index is 1.84. The van der Waals surface area contributed by atoms with Crippen LogP contribution in [0.5, 0.6) is 0 Å². The van der Waals surface area contributed by atoms with Gasteiger partial charge in [0.25, 0.3) is 0 Å². The predicted molar refractivity (Wildman–Crippen MR) is 67.9 cm³/mol. The summed E-state index contributed by atoms with van der Waals surface area (Å²) in [5.74, 6) is 0.761. The molecule has 2 nitrogen and oxygen atoms in total. The second-order valence-corrected chi connectivity index (χ2v) is 6.28. The largest absolute Gasteiger partial charge is 0.393 e. The third-order valence-corrected chi connectivity index (χ3v) is 4.66. The number of nitrogens with zero attached hydrogens (tertiary/aromatic N) is 1. The molecule has 0 amide bonds. The third kappa shape index (κ3) is 3.05. The average molecular weight is 239 g/mol. The summed E-state index contributed by atoms with van der Waals surface area (Å²) in [5.41, 5.74) is 1.12. The molecule has 1 aromatic rings. The summed E-state index contributed by atoms with van der Waals surface area (Å²) >= 11 is 1.73. The summed E-state index contributed by atoms with van der Waals surface area (Å²) in [6.45, 7) is 4.14. The Labute approximate surface area is 102 Å². The highest BCUT2D eigenvalue weighted by atomic mass is 32.1. The van der Waals surface area contributed by atoms with Crippen molar-refractivity contribution in [2.75, 3.05) is 0 Å². The van der Waals surface area contributed by atoms with Crippen LogP contribution in [-0.2, 0) is 6.42 Å². The molecule has 90 valence electrons. The molecule has 1 atom stereocenters. The topological polar surface area (TPSA) is 33.1 Å². The minimum absolute atomic E-state index is 0.187. The van der Waals surface area contributed by atoms with Crippen LogP contribution in [-0.4, -0.2) is 16.2 Å². The van der Waals surface area contributed by atoms with Gasteiger partial charge >= 0.3 is 0 Å². The number of rotatable bonds is 4. The van der Waals surface area contributed by atoms with Gasteiger partial charge in [0.15, 0.2) is 0 Å². The highest BCUT2D eigenvalue weighted by Crippen LogP contribution is 2.29. The molecule has 0 spiro atoms. The molecule has 0 aliphatic heterocycles. The molecule has 1 heterocycles. The first-order valence-electron chi connectivity index (χ1n) is 6.26. The molecule has 1 N–H and O–H groups in total. The van der Waals surface area contributed by atoms with Crippen molar-refractivity contribution in [2.45, 2.75) is 58.5 Å². The van der Waals surface area contributed by atoms with Gasteiger partial charge in [-0.25, -0.2) is 4.98 Å². The van der Waals surface area contributed by atoms with Gasteiger partial charge in [0, 0.05) is 11.3 Å². The van der Waals surface area contributed by atoms with Crippen molar-refractivity contribution in [3.63, 3.8) is 0 Å². The monoisotopic (exact) mass is 239 g/mol. The molecular formula is C13H21NOS. The van der Waals surface area contributed by atoms with E-state index in [4.69, 9.17) is 0 Å². The van der Waals surface area contributed by atoms with Crippen LogP contribution in [0.15, 0.2) is 0 Å². The molecule has 1 aliphatic carbocycles. The molecule has 1 unspecified atom stereocenters. The van der Waals surface area contributed by atoms with Crippen LogP contribution in [0.2, 0.25) is 0 Å². The lowest BCUT2D eigenvalue weighted by Gasteiger charge is -2.13. The molecule has 2 rings (SSSR count). The van der Waals surface area contributed by atoms with Gasteiger partial charge < -0.3 is 5.11 Å². The molecular weight excluding hydrogens is 218 g/mol. The molecule has 0 saturated heterocycles. The summed E-state index contributed by atoms with van der Waals surface area (Å²) in [7, 11) is 0. The van der Waals surface area contributed by atoms with E-state index in [-0.39, 0.29) is 6.10 Å². The molecule has 1 saturated carbocycles. The standard InChI is InChI=1S/C13H21NOS/c1-9-10(2)16-13(14-9)8-12(15)7-11-5-3-4-6-11/h11-12,15H,3-8H2,1-2H3. The summed E-state index contributed by atoms with van der Waals surface area (Å²) in [6, 6.07) is 0. The van der Waals surface area contributed by atoms with Crippen LogP contribution < -0.4 is 0 Å². The Morgan fingerprint density at radius 1 is 1.38 bits per heavy atom. The predicted octanol–water partition coefficient (Wildman–Crippen LogP) is 3.24. The summed E-state index contributed by atoms with van der Waals surface area (Å²) < 4.78 is 0. The smallest absolute Gasteiger partial charge is 0.0956 e. The summed E-state index contributed by atoms with van der Waals surface area (Å²) in [4.78, 5) is 5.76. The number of thiazole rings is 1. The molecule has 0 radical (unpaired) electrons. The number of hydrogen-bond donors (Lipinski definition) is 1. The van der Waals surface area contributed by atoms with Crippen LogP contribution in [0.25, 0.3) is 0 Å². The zero-order valence-corrected chi connectivity index (χ0v) is 11.0.